The zero-order chi connectivity index (χ0) is 14.4. The van der Waals surface area contributed by atoms with Crippen LogP contribution in [0.4, 0.5) is 4.39 Å². The van der Waals surface area contributed by atoms with Crippen molar-refractivity contribution in [3.05, 3.63) is 35.6 Å². The minimum atomic E-state index is -0.795. The number of hydrogen-bond acceptors (Lipinski definition) is 3. The second kappa shape index (κ2) is 7.21. The topological polar surface area (TPSA) is 72.2 Å². The number of benzene rings is 1. The Kier molecular flexibility index (Phi) is 5.92. The van der Waals surface area contributed by atoms with Crippen LogP contribution in [0.3, 0.4) is 0 Å². The van der Waals surface area contributed by atoms with Crippen molar-refractivity contribution < 1.29 is 14.0 Å². The van der Waals surface area contributed by atoms with E-state index in [1.807, 2.05) is 0 Å². The van der Waals surface area contributed by atoms with Gasteiger partial charge in [-0.05, 0) is 31.0 Å². The highest BCUT2D eigenvalue weighted by molar-refractivity contribution is 6.28. The average Bonchev–Trinajstić information content (AvgIpc) is 2.40. The van der Waals surface area contributed by atoms with Crippen molar-refractivity contribution in [3.63, 3.8) is 0 Å². The molecule has 104 valence electrons. The molecule has 3 N–H and O–H groups in total. The molecule has 1 amide bonds. The molecular weight excluding hydrogens is 271 g/mol. The smallest absolute Gasteiger partial charge is 0.237 e. The van der Waals surface area contributed by atoms with E-state index in [-0.39, 0.29) is 23.9 Å². The highest BCUT2D eigenvalue weighted by Crippen LogP contribution is 2.05. The van der Waals surface area contributed by atoms with Crippen molar-refractivity contribution in [2.24, 2.45) is 5.73 Å². The zero-order valence-electron chi connectivity index (χ0n) is 10.5. The Morgan fingerprint density at radius 2 is 1.95 bits per heavy atom. The third-order valence-electron chi connectivity index (χ3n) is 2.68. The maximum atomic E-state index is 12.7. The lowest BCUT2D eigenvalue weighted by atomic mass is 10.1. The Bertz CT molecular complexity index is 450. The van der Waals surface area contributed by atoms with Crippen molar-refractivity contribution >= 4 is 23.3 Å². The standard InChI is InChI=1S/C13H16ClFN2O2/c1-8(12(18)7-14)17-13(19)11(16)6-9-2-4-10(15)5-3-9/h2-5,8,11H,6-7,16H2,1H3,(H,17,19). The molecule has 1 aromatic rings. The number of ketones is 1. The molecule has 2 atom stereocenters. The summed E-state index contributed by atoms with van der Waals surface area (Å²) in [5.41, 5.74) is 6.48. The number of hydrogen-bond donors (Lipinski definition) is 2. The first-order valence-electron chi connectivity index (χ1n) is 5.83. The Balaban J connectivity index is 2.53. The molecule has 0 heterocycles. The number of nitrogens with two attached hydrogens (primary N) is 1. The van der Waals surface area contributed by atoms with Crippen molar-refractivity contribution in [2.75, 3.05) is 5.88 Å². The molecule has 19 heavy (non-hydrogen) atoms. The molecule has 1 rings (SSSR count). The molecule has 0 aliphatic heterocycles. The summed E-state index contributed by atoms with van der Waals surface area (Å²) >= 11 is 5.39. The number of rotatable bonds is 6. The second-order valence-electron chi connectivity index (χ2n) is 4.27. The van der Waals surface area contributed by atoms with Crippen LogP contribution in [0.5, 0.6) is 0 Å². The normalized spacial score (nSPS) is 13.7. The maximum absolute atomic E-state index is 12.7. The van der Waals surface area contributed by atoms with Crippen LogP contribution in [0.2, 0.25) is 0 Å². The van der Waals surface area contributed by atoms with E-state index in [1.54, 1.807) is 19.1 Å². The lowest BCUT2D eigenvalue weighted by Crippen LogP contribution is -2.48. The van der Waals surface area contributed by atoms with E-state index in [0.717, 1.165) is 5.56 Å². The number of carbonyl (C=O) groups excluding carboxylic acids is 2. The molecule has 0 saturated carbocycles. The fraction of sp³-hybridized carbons (Fsp3) is 0.385. The van der Waals surface area contributed by atoms with Crippen LogP contribution < -0.4 is 11.1 Å². The van der Waals surface area contributed by atoms with Gasteiger partial charge in [-0.3, -0.25) is 9.59 Å². The lowest BCUT2D eigenvalue weighted by Gasteiger charge is -2.16. The van der Waals surface area contributed by atoms with Crippen LogP contribution in [0.25, 0.3) is 0 Å². The third kappa shape index (κ3) is 4.96. The molecule has 0 aliphatic rings. The minimum Gasteiger partial charge on any atom is -0.345 e. The Labute approximate surface area is 116 Å². The molecule has 0 spiro atoms. The summed E-state index contributed by atoms with van der Waals surface area (Å²) in [6.45, 7) is 1.55. The van der Waals surface area contributed by atoms with Gasteiger partial charge in [-0.25, -0.2) is 4.39 Å². The first-order chi connectivity index (χ1) is 8.93. The van der Waals surface area contributed by atoms with Crippen LogP contribution in [0, 0.1) is 5.82 Å². The van der Waals surface area contributed by atoms with E-state index in [2.05, 4.69) is 5.32 Å². The fourth-order valence-corrected chi connectivity index (χ4v) is 1.72. The predicted octanol–water partition coefficient (Wildman–Crippen LogP) is 1.01. The highest BCUT2D eigenvalue weighted by Gasteiger charge is 2.19. The van der Waals surface area contributed by atoms with E-state index in [9.17, 15) is 14.0 Å². The molecule has 1 aromatic carbocycles. The second-order valence-corrected chi connectivity index (χ2v) is 4.53. The van der Waals surface area contributed by atoms with Crippen LogP contribution >= 0.6 is 11.6 Å². The Morgan fingerprint density at radius 1 is 1.37 bits per heavy atom. The lowest BCUT2D eigenvalue weighted by molar-refractivity contribution is -0.127. The first-order valence-corrected chi connectivity index (χ1v) is 6.36. The van der Waals surface area contributed by atoms with Crippen LogP contribution in [0.1, 0.15) is 12.5 Å². The van der Waals surface area contributed by atoms with Gasteiger partial charge in [0.05, 0.1) is 18.0 Å². The fourth-order valence-electron chi connectivity index (χ4n) is 1.48. The maximum Gasteiger partial charge on any atom is 0.237 e. The number of halogens is 2. The van der Waals surface area contributed by atoms with E-state index in [4.69, 9.17) is 17.3 Å². The Morgan fingerprint density at radius 3 is 2.47 bits per heavy atom. The van der Waals surface area contributed by atoms with E-state index in [0.29, 0.717) is 0 Å². The van der Waals surface area contributed by atoms with Gasteiger partial charge < -0.3 is 11.1 Å². The van der Waals surface area contributed by atoms with E-state index >= 15 is 0 Å². The van der Waals surface area contributed by atoms with Gasteiger partial charge in [0.2, 0.25) is 5.91 Å². The molecule has 4 nitrogen and oxygen atoms in total. The summed E-state index contributed by atoms with van der Waals surface area (Å²) in [7, 11) is 0. The van der Waals surface area contributed by atoms with E-state index in [1.165, 1.54) is 12.1 Å². The van der Waals surface area contributed by atoms with Gasteiger partial charge in [0, 0.05) is 0 Å². The molecule has 2 unspecified atom stereocenters. The van der Waals surface area contributed by atoms with Gasteiger partial charge in [0.15, 0.2) is 5.78 Å². The van der Waals surface area contributed by atoms with Crippen LogP contribution in [-0.4, -0.2) is 29.7 Å². The number of alkyl halides is 1. The quantitative estimate of drug-likeness (QED) is 0.767. The summed E-state index contributed by atoms with van der Waals surface area (Å²) in [4.78, 5) is 23.0. The molecule has 0 aliphatic carbocycles. The number of Topliss-reactive ketones (excluding diaryl/α,β-unsaturated/α-hetero) is 1. The SMILES string of the molecule is CC(NC(=O)C(N)Cc1ccc(F)cc1)C(=O)CCl. The van der Waals surface area contributed by atoms with Crippen molar-refractivity contribution in [3.8, 4) is 0 Å². The predicted molar refractivity (Wildman–Crippen MR) is 71.4 cm³/mol. The van der Waals surface area contributed by atoms with Crippen molar-refractivity contribution in [1.29, 1.82) is 0 Å². The summed E-state index contributed by atoms with van der Waals surface area (Å²) in [5, 5.41) is 2.49. The largest absolute Gasteiger partial charge is 0.345 e. The number of nitrogens with one attached hydrogen (secondary N) is 1. The Hall–Kier alpha value is -1.46. The monoisotopic (exact) mass is 286 g/mol. The van der Waals surface area contributed by atoms with Crippen LogP contribution in [0.15, 0.2) is 24.3 Å². The van der Waals surface area contributed by atoms with Crippen molar-refractivity contribution in [2.45, 2.75) is 25.4 Å². The average molecular weight is 287 g/mol. The minimum absolute atomic E-state index is 0.158. The number of amides is 1. The molecule has 0 saturated heterocycles. The molecule has 0 fully saturated rings. The highest BCUT2D eigenvalue weighted by atomic mass is 35.5. The molecule has 0 aromatic heterocycles. The van der Waals surface area contributed by atoms with E-state index < -0.39 is 18.0 Å². The van der Waals surface area contributed by atoms with Gasteiger partial charge in [0.25, 0.3) is 0 Å². The summed E-state index contributed by atoms with van der Waals surface area (Å²) in [6.07, 6.45) is 0.272. The third-order valence-corrected chi connectivity index (χ3v) is 2.94. The van der Waals surface area contributed by atoms with Gasteiger partial charge in [-0.15, -0.1) is 11.6 Å². The first kappa shape index (κ1) is 15.6. The van der Waals surface area contributed by atoms with Crippen molar-refractivity contribution in [1.82, 2.24) is 5.32 Å². The summed E-state index contributed by atoms with van der Waals surface area (Å²) < 4.78 is 12.7. The molecule has 6 heteroatoms. The molecular formula is C13H16ClFN2O2. The summed E-state index contributed by atoms with van der Waals surface area (Å²) in [5.74, 6) is -1.21. The molecule has 0 bridgehead atoms. The van der Waals surface area contributed by atoms with Crippen LogP contribution in [-0.2, 0) is 16.0 Å². The van der Waals surface area contributed by atoms with Gasteiger partial charge >= 0.3 is 0 Å². The number of carbonyl (C=O) groups is 2. The molecule has 0 radical (unpaired) electrons. The van der Waals surface area contributed by atoms with Gasteiger partial charge in [-0.1, -0.05) is 12.1 Å². The van der Waals surface area contributed by atoms with Gasteiger partial charge in [0.1, 0.15) is 5.82 Å². The summed E-state index contributed by atoms with van der Waals surface area (Å²) in [6, 6.07) is 4.28. The zero-order valence-corrected chi connectivity index (χ0v) is 11.3. The van der Waals surface area contributed by atoms with Gasteiger partial charge in [-0.2, -0.15) is 0 Å².